The first-order chi connectivity index (χ1) is 11.7. The molecule has 1 aromatic carbocycles. The Hall–Kier alpha value is -1.55. The number of rotatable bonds is 7. The van der Waals surface area contributed by atoms with Gasteiger partial charge in [0.1, 0.15) is 5.75 Å². The van der Waals surface area contributed by atoms with Crippen LogP contribution in [-0.2, 0) is 4.79 Å². The smallest absolute Gasteiger partial charge is 0.234 e. The van der Waals surface area contributed by atoms with Crippen LogP contribution in [0.25, 0.3) is 0 Å². The molecule has 1 aliphatic heterocycles. The van der Waals surface area contributed by atoms with Crippen LogP contribution >= 0.6 is 0 Å². The van der Waals surface area contributed by atoms with Gasteiger partial charge in [0.15, 0.2) is 0 Å². The Bertz CT molecular complexity index is 566. The maximum absolute atomic E-state index is 12.6. The van der Waals surface area contributed by atoms with Gasteiger partial charge in [-0.1, -0.05) is 12.1 Å². The Labute approximate surface area is 144 Å². The minimum Gasteiger partial charge on any atom is -0.497 e. The van der Waals surface area contributed by atoms with Gasteiger partial charge >= 0.3 is 0 Å². The number of amides is 1. The molecule has 2 saturated carbocycles. The van der Waals surface area contributed by atoms with Gasteiger partial charge < -0.3 is 10.1 Å². The zero-order valence-electron chi connectivity index (χ0n) is 14.5. The van der Waals surface area contributed by atoms with Crippen molar-refractivity contribution in [2.45, 2.75) is 50.6 Å². The van der Waals surface area contributed by atoms with Crippen molar-refractivity contribution in [2.75, 3.05) is 20.2 Å². The first-order valence-electron chi connectivity index (χ1n) is 9.42. The maximum Gasteiger partial charge on any atom is 0.234 e. The minimum absolute atomic E-state index is 0.221. The highest BCUT2D eigenvalue weighted by atomic mass is 16.5. The molecule has 0 spiro atoms. The first-order valence-corrected chi connectivity index (χ1v) is 9.42. The topological polar surface area (TPSA) is 41.6 Å². The summed E-state index contributed by atoms with van der Waals surface area (Å²) >= 11 is 0. The lowest BCUT2D eigenvalue weighted by Crippen LogP contribution is -2.43. The molecule has 1 atom stereocenters. The van der Waals surface area contributed by atoms with Crippen molar-refractivity contribution in [2.24, 2.45) is 11.8 Å². The van der Waals surface area contributed by atoms with Crippen LogP contribution in [-0.4, -0.2) is 37.0 Å². The quantitative estimate of drug-likeness (QED) is 0.836. The number of ether oxygens (including phenoxy) is 1. The second-order valence-corrected chi connectivity index (χ2v) is 7.67. The van der Waals surface area contributed by atoms with Gasteiger partial charge in [0.05, 0.1) is 13.7 Å². The fourth-order valence-corrected chi connectivity index (χ4v) is 4.17. The molecule has 4 rings (SSSR count). The van der Waals surface area contributed by atoms with Crippen molar-refractivity contribution in [1.82, 2.24) is 10.2 Å². The molecule has 2 aliphatic carbocycles. The number of hydrogen-bond acceptors (Lipinski definition) is 3. The summed E-state index contributed by atoms with van der Waals surface area (Å²) in [6.07, 6.45) is 7.52. The van der Waals surface area contributed by atoms with E-state index in [1.807, 2.05) is 12.1 Å². The van der Waals surface area contributed by atoms with Crippen LogP contribution in [0, 0.1) is 11.8 Å². The molecule has 1 N–H and O–H groups in total. The standard InChI is InChI=1S/C20H28N2O2/c1-24-17-10-8-14(9-11-17)18-3-2-12-22(18)13-19(23)21-20(15-4-5-15)16-6-7-16/h8-11,15-16,18,20H,2-7,12-13H2,1H3,(H,21,23). The molecule has 1 aromatic rings. The van der Waals surface area contributed by atoms with Crippen LogP contribution in [0.5, 0.6) is 5.75 Å². The van der Waals surface area contributed by atoms with Gasteiger partial charge in [0, 0.05) is 12.1 Å². The van der Waals surface area contributed by atoms with Crippen molar-refractivity contribution in [3.05, 3.63) is 29.8 Å². The van der Waals surface area contributed by atoms with Crippen molar-refractivity contribution < 1.29 is 9.53 Å². The number of nitrogens with zero attached hydrogens (tertiary/aromatic N) is 1. The molecule has 1 saturated heterocycles. The van der Waals surface area contributed by atoms with Gasteiger partial charge in [-0.3, -0.25) is 9.69 Å². The number of methoxy groups -OCH3 is 1. The van der Waals surface area contributed by atoms with Crippen molar-refractivity contribution in [3.63, 3.8) is 0 Å². The highest BCUT2D eigenvalue weighted by Gasteiger charge is 2.42. The van der Waals surface area contributed by atoms with Crippen LogP contribution < -0.4 is 10.1 Å². The van der Waals surface area contributed by atoms with Gasteiger partial charge in [-0.2, -0.15) is 0 Å². The maximum atomic E-state index is 12.6. The molecule has 3 fully saturated rings. The third kappa shape index (κ3) is 3.59. The molecule has 1 unspecified atom stereocenters. The van der Waals surface area contributed by atoms with Gasteiger partial charge in [-0.05, 0) is 74.6 Å². The average Bonchev–Trinajstić information content (AvgIpc) is 3.52. The number of nitrogens with one attached hydrogen (secondary N) is 1. The molecule has 0 aromatic heterocycles. The normalized spacial score (nSPS) is 24.3. The molecule has 0 bridgehead atoms. The zero-order chi connectivity index (χ0) is 16.5. The van der Waals surface area contributed by atoms with Crippen molar-refractivity contribution in [3.8, 4) is 5.75 Å². The van der Waals surface area contributed by atoms with E-state index >= 15 is 0 Å². The van der Waals surface area contributed by atoms with Gasteiger partial charge in [0.25, 0.3) is 0 Å². The molecule has 4 heteroatoms. The lowest BCUT2D eigenvalue weighted by Gasteiger charge is -2.26. The second kappa shape index (κ2) is 6.75. The van der Waals surface area contributed by atoms with Gasteiger partial charge in [0.2, 0.25) is 5.91 Å². The fourth-order valence-electron chi connectivity index (χ4n) is 4.17. The summed E-state index contributed by atoms with van der Waals surface area (Å²) in [7, 11) is 1.69. The molecule has 4 nitrogen and oxygen atoms in total. The van der Waals surface area contributed by atoms with E-state index in [-0.39, 0.29) is 5.91 Å². The second-order valence-electron chi connectivity index (χ2n) is 7.67. The largest absolute Gasteiger partial charge is 0.497 e. The predicted octanol–water partition coefficient (Wildman–Crippen LogP) is 3.14. The van der Waals surface area contributed by atoms with Crippen molar-refractivity contribution in [1.29, 1.82) is 0 Å². The number of benzene rings is 1. The monoisotopic (exact) mass is 328 g/mol. The molecular weight excluding hydrogens is 300 g/mol. The summed E-state index contributed by atoms with van der Waals surface area (Å²) in [6.45, 7) is 1.55. The lowest BCUT2D eigenvalue weighted by molar-refractivity contribution is -0.123. The fraction of sp³-hybridized carbons (Fsp3) is 0.650. The number of carbonyl (C=O) groups excluding carboxylic acids is 1. The summed E-state index contributed by atoms with van der Waals surface area (Å²) < 4.78 is 5.25. The summed E-state index contributed by atoms with van der Waals surface area (Å²) in [5, 5.41) is 3.36. The lowest BCUT2D eigenvalue weighted by atomic mass is 10.0. The molecular formula is C20H28N2O2. The number of likely N-dealkylation sites (tertiary alicyclic amines) is 1. The molecule has 130 valence electrons. The Kier molecular flexibility index (Phi) is 4.49. The summed E-state index contributed by atoms with van der Waals surface area (Å²) in [6, 6.07) is 9.12. The highest BCUT2D eigenvalue weighted by molar-refractivity contribution is 5.78. The minimum atomic E-state index is 0.221. The van der Waals surface area contributed by atoms with Crippen LogP contribution in [0.1, 0.15) is 50.1 Å². The summed E-state index contributed by atoms with van der Waals surface area (Å²) in [4.78, 5) is 14.9. The third-order valence-electron chi connectivity index (χ3n) is 5.80. The molecule has 24 heavy (non-hydrogen) atoms. The van der Waals surface area contributed by atoms with E-state index in [0.717, 1.165) is 30.6 Å². The van der Waals surface area contributed by atoms with Crippen LogP contribution in [0.15, 0.2) is 24.3 Å². The first kappa shape index (κ1) is 15.9. The zero-order valence-corrected chi connectivity index (χ0v) is 14.5. The Morgan fingerprint density at radius 3 is 2.42 bits per heavy atom. The number of carbonyl (C=O) groups is 1. The van der Waals surface area contributed by atoms with Gasteiger partial charge in [-0.15, -0.1) is 0 Å². The van der Waals surface area contributed by atoms with E-state index in [1.54, 1.807) is 7.11 Å². The summed E-state index contributed by atoms with van der Waals surface area (Å²) in [5.74, 6) is 2.63. The van der Waals surface area contributed by atoms with Crippen LogP contribution in [0.2, 0.25) is 0 Å². The van der Waals surface area contributed by atoms with Crippen LogP contribution in [0.3, 0.4) is 0 Å². The molecule has 0 radical (unpaired) electrons. The van der Waals surface area contributed by atoms with Crippen molar-refractivity contribution >= 4 is 5.91 Å². The highest BCUT2D eigenvalue weighted by Crippen LogP contribution is 2.44. The number of hydrogen-bond donors (Lipinski definition) is 1. The Morgan fingerprint density at radius 1 is 1.17 bits per heavy atom. The average molecular weight is 328 g/mol. The summed E-state index contributed by atoms with van der Waals surface area (Å²) in [5.41, 5.74) is 1.29. The predicted molar refractivity (Wildman–Crippen MR) is 93.9 cm³/mol. The van der Waals surface area contributed by atoms with E-state index < -0.39 is 0 Å². The molecule has 1 amide bonds. The van der Waals surface area contributed by atoms with E-state index in [0.29, 0.717) is 18.6 Å². The third-order valence-corrected chi connectivity index (χ3v) is 5.80. The SMILES string of the molecule is COc1ccc(C2CCCN2CC(=O)NC(C2CC2)C2CC2)cc1. The molecule has 3 aliphatic rings. The Morgan fingerprint density at radius 2 is 1.83 bits per heavy atom. The molecule has 1 heterocycles. The van der Waals surface area contributed by atoms with E-state index in [4.69, 9.17) is 4.74 Å². The van der Waals surface area contributed by atoms with Crippen LogP contribution in [0.4, 0.5) is 0 Å². The van der Waals surface area contributed by atoms with Gasteiger partial charge in [-0.25, -0.2) is 0 Å². The van der Waals surface area contributed by atoms with E-state index in [2.05, 4.69) is 22.3 Å². The van der Waals surface area contributed by atoms with E-state index in [9.17, 15) is 4.79 Å². The Balaban J connectivity index is 1.36. The van der Waals surface area contributed by atoms with E-state index in [1.165, 1.54) is 37.7 Å².